The molecule has 2 aliphatic rings. The lowest BCUT2D eigenvalue weighted by Gasteiger charge is -2.51. The molecule has 1 saturated carbocycles. The minimum Gasteiger partial charge on any atom is -0.393 e. The summed E-state index contributed by atoms with van der Waals surface area (Å²) in [5.74, 6) is 1.69. The zero-order valence-electron chi connectivity index (χ0n) is 13.3. The van der Waals surface area contributed by atoms with Gasteiger partial charge in [0.15, 0.2) is 0 Å². The van der Waals surface area contributed by atoms with Crippen molar-refractivity contribution in [3.63, 3.8) is 0 Å². The predicted molar refractivity (Wildman–Crippen MR) is 84.1 cm³/mol. The Morgan fingerprint density at radius 3 is 2.70 bits per heavy atom. The molecule has 0 unspecified atom stereocenters. The molecule has 0 amide bonds. The van der Waals surface area contributed by atoms with E-state index in [0.717, 1.165) is 12.8 Å². The zero-order valence-corrected chi connectivity index (χ0v) is 13.3. The predicted octanol–water partition coefficient (Wildman–Crippen LogP) is 4.42. The maximum absolute atomic E-state index is 10.2. The number of hydrogen-bond donors (Lipinski definition) is 1. The highest BCUT2D eigenvalue weighted by Gasteiger charge is 2.47. The van der Waals surface area contributed by atoms with E-state index in [0.29, 0.717) is 17.8 Å². The summed E-state index contributed by atoms with van der Waals surface area (Å²) in [6.07, 6.45) is 4.43. The van der Waals surface area contributed by atoms with Crippen LogP contribution in [0.2, 0.25) is 0 Å². The maximum atomic E-state index is 10.2. The van der Waals surface area contributed by atoms with Crippen molar-refractivity contribution in [2.75, 3.05) is 0 Å². The van der Waals surface area contributed by atoms with Crippen molar-refractivity contribution in [1.29, 1.82) is 0 Å². The van der Waals surface area contributed by atoms with Crippen molar-refractivity contribution in [2.45, 2.75) is 70.8 Å². The number of rotatable bonds is 1. The average Bonchev–Trinajstić information content (AvgIpc) is 2.43. The van der Waals surface area contributed by atoms with Crippen LogP contribution in [-0.4, -0.2) is 11.2 Å². The summed E-state index contributed by atoms with van der Waals surface area (Å²) in [4.78, 5) is 0. The SMILES string of the molecule is CC(C)c1ccc2c(c1)CC[C@H]1[C@@H](C)[C@H](O)CC[C@]21C. The van der Waals surface area contributed by atoms with Gasteiger partial charge in [-0.25, -0.2) is 0 Å². The second-order valence-corrected chi connectivity index (χ2v) is 7.60. The van der Waals surface area contributed by atoms with Crippen LogP contribution in [-0.2, 0) is 11.8 Å². The minimum atomic E-state index is -0.0930. The van der Waals surface area contributed by atoms with E-state index in [-0.39, 0.29) is 11.5 Å². The van der Waals surface area contributed by atoms with Crippen molar-refractivity contribution in [3.8, 4) is 0 Å². The zero-order chi connectivity index (χ0) is 14.5. The fourth-order valence-electron chi connectivity index (χ4n) is 4.71. The second kappa shape index (κ2) is 4.87. The Kier molecular flexibility index (Phi) is 3.44. The molecule has 2 aliphatic carbocycles. The molecule has 1 heteroatoms. The van der Waals surface area contributed by atoms with Crippen LogP contribution in [0.4, 0.5) is 0 Å². The topological polar surface area (TPSA) is 20.2 Å². The van der Waals surface area contributed by atoms with Gasteiger partial charge in [0.1, 0.15) is 0 Å². The van der Waals surface area contributed by atoms with Gasteiger partial charge in [0.2, 0.25) is 0 Å². The monoisotopic (exact) mass is 272 g/mol. The first-order chi connectivity index (χ1) is 9.43. The van der Waals surface area contributed by atoms with Crippen molar-refractivity contribution in [2.24, 2.45) is 11.8 Å². The van der Waals surface area contributed by atoms with Gasteiger partial charge in [-0.15, -0.1) is 0 Å². The number of benzene rings is 1. The number of hydrogen-bond acceptors (Lipinski definition) is 1. The normalized spacial score (nSPS) is 36.6. The lowest BCUT2D eigenvalue weighted by Crippen LogP contribution is -2.48. The maximum Gasteiger partial charge on any atom is 0.0569 e. The Bertz CT molecular complexity index is 504. The molecular formula is C19H28O. The van der Waals surface area contributed by atoms with Gasteiger partial charge in [-0.3, -0.25) is 0 Å². The molecule has 0 saturated heterocycles. The molecule has 0 aromatic heterocycles. The van der Waals surface area contributed by atoms with E-state index in [1.807, 2.05) is 0 Å². The van der Waals surface area contributed by atoms with Crippen molar-refractivity contribution >= 4 is 0 Å². The summed E-state index contributed by atoms with van der Waals surface area (Å²) in [6, 6.07) is 7.16. The van der Waals surface area contributed by atoms with Crippen LogP contribution in [0.5, 0.6) is 0 Å². The largest absolute Gasteiger partial charge is 0.393 e. The molecule has 20 heavy (non-hydrogen) atoms. The molecule has 4 atom stereocenters. The summed E-state index contributed by atoms with van der Waals surface area (Å²) in [5.41, 5.74) is 4.88. The first-order valence-corrected chi connectivity index (χ1v) is 8.25. The van der Waals surface area contributed by atoms with Gasteiger partial charge < -0.3 is 5.11 Å². The fraction of sp³-hybridized carbons (Fsp3) is 0.684. The highest BCUT2D eigenvalue weighted by Crippen LogP contribution is 2.52. The van der Waals surface area contributed by atoms with Crippen LogP contribution in [0.1, 0.15) is 69.6 Å². The molecule has 3 rings (SSSR count). The van der Waals surface area contributed by atoms with Gasteiger partial charge >= 0.3 is 0 Å². The molecule has 110 valence electrons. The van der Waals surface area contributed by atoms with E-state index in [2.05, 4.69) is 45.9 Å². The first kappa shape index (κ1) is 14.1. The van der Waals surface area contributed by atoms with Crippen LogP contribution in [0.15, 0.2) is 18.2 Å². The molecule has 0 heterocycles. The Hall–Kier alpha value is -0.820. The van der Waals surface area contributed by atoms with Crippen molar-refractivity contribution < 1.29 is 5.11 Å². The lowest BCUT2D eigenvalue weighted by atomic mass is 9.54. The number of aliphatic hydroxyl groups excluding tert-OH is 1. The third kappa shape index (κ3) is 2.02. The van der Waals surface area contributed by atoms with E-state index < -0.39 is 0 Å². The first-order valence-electron chi connectivity index (χ1n) is 8.25. The van der Waals surface area contributed by atoms with E-state index >= 15 is 0 Å². The van der Waals surface area contributed by atoms with Crippen molar-refractivity contribution in [3.05, 3.63) is 34.9 Å². The number of aliphatic hydroxyl groups is 1. The molecule has 0 radical (unpaired) electrons. The Morgan fingerprint density at radius 2 is 2.00 bits per heavy atom. The number of fused-ring (bicyclic) bond motifs is 3. The van der Waals surface area contributed by atoms with E-state index in [9.17, 15) is 5.11 Å². The minimum absolute atomic E-state index is 0.0930. The molecule has 0 aliphatic heterocycles. The quantitative estimate of drug-likeness (QED) is 0.802. The van der Waals surface area contributed by atoms with Crippen LogP contribution in [0.25, 0.3) is 0 Å². The highest BCUT2D eigenvalue weighted by atomic mass is 16.3. The van der Waals surface area contributed by atoms with Gasteiger partial charge in [0.05, 0.1) is 6.10 Å². The number of aryl methyl sites for hydroxylation is 1. The molecule has 0 bridgehead atoms. The molecule has 1 aromatic rings. The standard InChI is InChI=1S/C19H28O/c1-12(2)14-5-8-17-15(11-14)6-7-16-13(3)18(20)9-10-19(16,17)4/h5,8,11-13,16,18,20H,6-7,9-10H2,1-4H3/t13-,16+,18-,19+/m1/s1. The van der Waals surface area contributed by atoms with Gasteiger partial charge in [0.25, 0.3) is 0 Å². The van der Waals surface area contributed by atoms with Gasteiger partial charge in [0, 0.05) is 0 Å². The molecule has 0 spiro atoms. The second-order valence-electron chi connectivity index (χ2n) is 7.60. The third-order valence-electron chi connectivity index (χ3n) is 6.16. The fourth-order valence-corrected chi connectivity index (χ4v) is 4.71. The molecule has 1 fully saturated rings. The third-order valence-corrected chi connectivity index (χ3v) is 6.16. The highest BCUT2D eigenvalue weighted by molar-refractivity contribution is 5.41. The summed E-state index contributed by atoms with van der Waals surface area (Å²) >= 11 is 0. The van der Waals surface area contributed by atoms with Gasteiger partial charge in [-0.2, -0.15) is 0 Å². The van der Waals surface area contributed by atoms with Crippen molar-refractivity contribution in [1.82, 2.24) is 0 Å². The smallest absolute Gasteiger partial charge is 0.0569 e. The van der Waals surface area contributed by atoms with E-state index in [4.69, 9.17) is 0 Å². The molecular weight excluding hydrogens is 244 g/mol. The van der Waals surface area contributed by atoms with Crippen LogP contribution in [0.3, 0.4) is 0 Å². The average molecular weight is 272 g/mol. The van der Waals surface area contributed by atoms with E-state index in [1.54, 1.807) is 11.1 Å². The van der Waals surface area contributed by atoms with E-state index in [1.165, 1.54) is 18.4 Å². The van der Waals surface area contributed by atoms with Gasteiger partial charge in [-0.1, -0.05) is 45.9 Å². The Morgan fingerprint density at radius 1 is 1.25 bits per heavy atom. The summed E-state index contributed by atoms with van der Waals surface area (Å²) in [6.45, 7) is 9.23. The molecule has 1 aromatic carbocycles. The summed E-state index contributed by atoms with van der Waals surface area (Å²) < 4.78 is 0. The Labute approximate surface area is 123 Å². The van der Waals surface area contributed by atoms with Crippen LogP contribution in [0, 0.1) is 11.8 Å². The summed E-state index contributed by atoms with van der Waals surface area (Å²) in [7, 11) is 0. The summed E-state index contributed by atoms with van der Waals surface area (Å²) in [5, 5.41) is 10.2. The van der Waals surface area contributed by atoms with Crippen LogP contribution >= 0.6 is 0 Å². The van der Waals surface area contributed by atoms with Crippen LogP contribution < -0.4 is 0 Å². The molecule has 1 N–H and O–H groups in total. The molecule has 1 nitrogen and oxygen atoms in total. The Balaban J connectivity index is 2.02. The lowest BCUT2D eigenvalue weighted by molar-refractivity contribution is -0.00716. The van der Waals surface area contributed by atoms with Gasteiger partial charge in [-0.05, 0) is 65.5 Å².